The summed E-state index contributed by atoms with van der Waals surface area (Å²) < 4.78 is 11.6. The Morgan fingerprint density at radius 3 is 2.62 bits per heavy atom. The highest BCUT2D eigenvalue weighted by atomic mass is 79.9. The fourth-order valence-corrected chi connectivity index (χ4v) is 2.42. The fourth-order valence-electron chi connectivity index (χ4n) is 2.19. The molecule has 0 bridgehead atoms. The van der Waals surface area contributed by atoms with Crippen LogP contribution in [-0.2, 0) is 0 Å². The zero-order valence-electron chi connectivity index (χ0n) is 13.0. The highest BCUT2D eigenvalue weighted by Gasteiger charge is 2.07. The third kappa shape index (κ3) is 4.37. The van der Waals surface area contributed by atoms with Crippen molar-refractivity contribution in [2.24, 2.45) is 5.92 Å². The van der Waals surface area contributed by atoms with Gasteiger partial charge in [-0.1, -0.05) is 41.9 Å². The topological polar surface area (TPSA) is 18.5 Å². The van der Waals surface area contributed by atoms with Gasteiger partial charge in [0.15, 0.2) is 0 Å². The normalized spacial score (nSPS) is 11.1. The lowest BCUT2D eigenvalue weighted by atomic mass is 10.0. The van der Waals surface area contributed by atoms with Gasteiger partial charge in [0.2, 0.25) is 0 Å². The Morgan fingerprint density at radius 2 is 1.90 bits per heavy atom. The second-order valence-electron chi connectivity index (χ2n) is 5.67. The monoisotopic (exact) mass is 350 g/mol. The van der Waals surface area contributed by atoms with E-state index in [1.165, 1.54) is 16.3 Å². The van der Waals surface area contributed by atoms with E-state index in [9.17, 15) is 0 Å². The highest BCUT2D eigenvalue weighted by Crippen LogP contribution is 2.30. The molecule has 0 heterocycles. The Balaban J connectivity index is 2.19. The minimum Gasteiger partial charge on any atom is -0.494 e. The van der Waals surface area contributed by atoms with Crippen molar-refractivity contribution in [3.05, 3.63) is 35.9 Å². The Bertz CT molecular complexity index is 593. The summed E-state index contributed by atoms with van der Waals surface area (Å²) >= 11 is 3.41. The van der Waals surface area contributed by atoms with Crippen LogP contribution in [0.25, 0.3) is 10.8 Å². The van der Waals surface area contributed by atoms with Gasteiger partial charge in [-0.05, 0) is 53.8 Å². The standard InChI is InChI=1S/C18H23BrO2/c1-13(2)12-21-18-8-5-15-11-16(20-10-4-9-19)6-7-17(15)14(18)3/h5-8,11,13H,4,9-10,12H2,1-3H3. The van der Waals surface area contributed by atoms with Gasteiger partial charge in [0.25, 0.3) is 0 Å². The first-order valence-corrected chi connectivity index (χ1v) is 8.59. The molecule has 0 radical (unpaired) electrons. The molecule has 0 saturated carbocycles. The summed E-state index contributed by atoms with van der Waals surface area (Å²) in [4.78, 5) is 0. The molecule has 0 aliphatic rings. The molecule has 2 rings (SSSR count). The van der Waals surface area contributed by atoms with Crippen LogP contribution in [0, 0.1) is 12.8 Å². The fraction of sp³-hybridized carbons (Fsp3) is 0.444. The number of fused-ring (bicyclic) bond motifs is 1. The van der Waals surface area contributed by atoms with Crippen LogP contribution >= 0.6 is 15.9 Å². The van der Waals surface area contributed by atoms with Crippen molar-refractivity contribution in [3.8, 4) is 11.5 Å². The van der Waals surface area contributed by atoms with Crippen molar-refractivity contribution in [2.75, 3.05) is 18.5 Å². The first kappa shape index (κ1) is 16.2. The molecule has 114 valence electrons. The summed E-state index contributed by atoms with van der Waals surface area (Å²) in [6.07, 6.45) is 1.01. The molecule has 0 N–H and O–H groups in total. The number of hydrogen-bond donors (Lipinski definition) is 0. The number of halogens is 1. The molecule has 2 aromatic rings. The molecule has 0 aromatic heterocycles. The van der Waals surface area contributed by atoms with Crippen molar-refractivity contribution >= 4 is 26.7 Å². The second kappa shape index (κ2) is 7.69. The largest absolute Gasteiger partial charge is 0.494 e. The predicted octanol–water partition coefficient (Wildman–Crippen LogP) is 5.35. The lowest BCUT2D eigenvalue weighted by Gasteiger charge is -2.14. The van der Waals surface area contributed by atoms with E-state index in [4.69, 9.17) is 9.47 Å². The van der Waals surface area contributed by atoms with Gasteiger partial charge in [-0.3, -0.25) is 0 Å². The number of aryl methyl sites for hydroxylation is 1. The number of alkyl halides is 1. The molecule has 2 nitrogen and oxygen atoms in total. The Labute approximate surface area is 135 Å². The molecule has 2 aromatic carbocycles. The van der Waals surface area contributed by atoms with E-state index < -0.39 is 0 Å². The van der Waals surface area contributed by atoms with Gasteiger partial charge in [0.05, 0.1) is 13.2 Å². The zero-order valence-corrected chi connectivity index (χ0v) is 14.6. The van der Waals surface area contributed by atoms with E-state index in [0.29, 0.717) is 5.92 Å². The smallest absolute Gasteiger partial charge is 0.122 e. The lowest BCUT2D eigenvalue weighted by Crippen LogP contribution is -2.05. The van der Waals surface area contributed by atoms with Crippen LogP contribution in [0.15, 0.2) is 30.3 Å². The number of ether oxygens (including phenoxy) is 2. The molecule has 0 atom stereocenters. The maximum Gasteiger partial charge on any atom is 0.122 e. The van der Waals surface area contributed by atoms with Crippen LogP contribution < -0.4 is 9.47 Å². The van der Waals surface area contributed by atoms with Gasteiger partial charge >= 0.3 is 0 Å². The van der Waals surface area contributed by atoms with Gasteiger partial charge in [-0.25, -0.2) is 0 Å². The molecule has 21 heavy (non-hydrogen) atoms. The highest BCUT2D eigenvalue weighted by molar-refractivity contribution is 9.09. The predicted molar refractivity (Wildman–Crippen MR) is 92.9 cm³/mol. The molecular weight excluding hydrogens is 328 g/mol. The van der Waals surface area contributed by atoms with Crippen LogP contribution in [-0.4, -0.2) is 18.5 Å². The van der Waals surface area contributed by atoms with Crippen molar-refractivity contribution in [3.63, 3.8) is 0 Å². The average Bonchev–Trinajstić information content (AvgIpc) is 2.46. The average molecular weight is 351 g/mol. The number of benzene rings is 2. The maximum atomic E-state index is 5.88. The molecule has 0 amide bonds. The molecule has 0 saturated heterocycles. The van der Waals surface area contributed by atoms with E-state index in [2.05, 4.69) is 61.0 Å². The molecular formula is C18H23BrO2. The van der Waals surface area contributed by atoms with E-state index in [1.54, 1.807) is 0 Å². The molecule has 0 unspecified atom stereocenters. The Morgan fingerprint density at radius 1 is 1.10 bits per heavy atom. The van der Waals surface area contributed by atoms with E-state index in [1.807, 2.05) is 6.07 Å². The molecule has 0 aliphatic heterocycles. The van der Waals surface area contributed by atoms with Crippen molar-refractivity contribution < 1.29 is 9.47 Å². The first-order valence-electron chi connectivity index (χ1n) is 7.46. The lowest BCUT2D eigenvalue weighted by molar-refractivity contribution is 0.270. The summed E-state index contributed by atoms with van der Waals surface area (Å²) in [7, 11) is 0. The van der Waals surface area contributed by atoms with Crippen LogP contribution in [0.4, 0.5) is 0 Å². The van der Waals surface area contributed by atoms with Gasteiger partial charge < -0.3 is 9.47 Å². The minimum atomic E-state index is 0.533. The maximum absolute atomic E-state index is 5.88. The summed E-state index contributed by atoms with van der Waals surface area (Å²) in [5.74, 6) is 2.44. The zero-order chi connectivity index (χ0) is 15.2. The van der Waals surface area contributed by atoms with Crippen LogP contribution in [0.2, 0.25) is 0 Å². The van der Waals surface area contributed by atoms with E-state index in [-0.39, 0.29) is 0 Å². The molecule has 3 heteroatoms. The van der Waals surface area contributed by atoms with Crippen molar-refractivity contribution in [1.29, 1.82) is 0 Å². The number of hydrogen-bond acceptors (Lipinski definition) is 2. The van der Waals surface area contributed by atoms with Gasteiger partial charge in [-0.15, -0.1) is 0 Å². The quantitative estimate of drug-likeness (QED) is 0.495. The Hall–Kier alpha value is -1.22. The summed E-state index contributed by atoms with van der Waals surface area (Å²) in [5.41, 5.74) is 1.19. The third-order valence-corrected chi connectivity index (χ3v) is 3.89. The van der Waals surface area contributed by atoms with Crippen molar-refractivity contribution in [1.82, 2.24) is 0 Å². The Kier molecular flexibility index (Phi) is 5.92. The van der Waals surface area contributed by atoms with E-state index >= 15 is 0 Å². The van der Waals surface area contributed by atoms with Gasteiger partial charge in [0.1, 0.15) is 11.5 Å². The third-order valence-electron chi connectivity index (χ3n) is 3.33. The second-order valence-corrected chi connectivity index (χ2v) is 6.46. The summed E-state index contributed by atoms with van der Waals surface area (Å²) in [5, 5.41) is 3.39. The first-order chi connectivity index (χ1) is 10.1. The summed E-state index contributed by atoms with van der Waals surface area (Å²) in [6.45, 7) is 7.93. The molecule has 0 fully saturated rings. The van der Waals surface area contributed by atoms with Crippen LogP contribution in [0.1, 0.15) is 25.8 Å². The van der Waals surface area contributed by atoms with E-state index in [0.717, 1.165) is 36.5 Å². The summed E-state index contributed by atoms with van der Waals surface area (Å²) in [6, 6.07) is 10.4. The SMILES string of the molecule is Cc1c(OCC(C)C)ccc2cc(OCCCBr)ccc12. The van der Waals surface area contributed by atoms with Gasteiger partial charge in [-0.2, -0.15) is 0 Å². The van der Waals surface area contributed by atoms with Crippen LogP contribution in [0.5, 0.6) is 11.5 Å². The van der Waals surface area contributed by atoms with Crippen molar-refractivity contribution in [2.45, 2.75) is 27.2 Å². The molecule has 0 spiro atoms. The van der Waals surface area contributed by atoms with Crippen LogP contribution in [0.3, 0.4) is 0 Å². The number of rotatable bonds is 7. The minimum absolute atomic E-state index is 0.533. The van der Waals surface area contributed by atoms with Gasteiger partial charge in [0, 0.05) is 5.33 Å². The molecule has 0 aliphatic carbocycles.